The third-order valence-electron chi connectivity index (χ3n) is 2.35. The fourth-order valence-corrected chi connectivity index (χ4v) is 1.44. The summed E-state index contributed by atoms with van der Waals surface area (Å²) in [6, 6.07) is 0. The van der Waals surface area contributed by atoms with Crippen LogP contribution < -0.4 is 5.32 Å². The number of carbonyl (C=O) groups is 1. The van der Waals surface area contributed by atoms with E-state index in [1.165, 1.54) is 0 Å². The Morgan fingerprint density at radius 1 is 1.47 bits per heavy atom. The van der Waals surface area contributed by atoms with E-state index in [0.717, 1.165) is 19.5 Å². The Morgan fingerprint density at radius 3 is 2.47 bits per heavy atom. The first kappa shape index (κ1) is 16.4. The predicted octanol–water partition coefficient (Wildman–Crippen LogP) is 0.561. The maximum absolute atomic E-state index is 9.60. The SMILES string of the molecule is CC(C)(C)OC=O.COCC1CNCCC1O. The van der Waals surface area contributed by atoms with Gasteiger partial charge in [-0.2, -0.15) is 0 Å². The molecule has 0 radical (unpaired) electrons. The van der Waals surface area contributed by atoms with Gasteiger partial charge in [-0.1, -0.05) is 0 Å². The summed E-state index contributed by atoms with van der Waals surface area (Å²) in [5.74, 6) is 0.291. The standard InChI is InChI=1S/C7H15NO2.C5H10O2/c1-10-5-6-4-8-3-2-7(6)9;1-5(2,3)7-4-6/h6-9H,2-5H2,1H3;4H,1-3H3. The summed E-state index contributed by atoms with van der Waals surface area (Å²) in [4.78, 5) is 9.60. The van der Waals surface area contributed by atoms with Gasteiger partial charge in [-0.05, 0) is 33.7 Å². The topological polar surface area (TPSA) is 67.8 Å². The molecule has 0 aromatic carbocycles. The van der Waals surface area contributed by atoms with Crippen molar-refractivity contribution in [1.82, 2.24) is 5.32 Å². The quantitative estimate of drug-likeness (QED) is 0.713. The lowest BCUT2D eigenvalue weighted by atomic mass is 9.97. The van der Waals surface area contributed by atoms with E-state index in [-0.39, 0.29) is 11.7 Å². The molecule has 0 amide bonds. The normalized spacial score (nSPS) is 24.5. The Balaban J connectivity index is 0.000000325. The zero-order valence-electron chi connectivity index (χ0n) is 11.2. The van der Waals surface area contributed by atoms with Gasteiger partial charge in [-0.3, -0.25) is 4.79 Å². The maximum Gasteiger partial charge on any atom is 0.293 e. The third kappa shape index (κ3) is 9.09. The molecule has 2 atom stereocenters. The smallest absolute Gasteiger partial charge is 0.293 e. The Kier molecular flexibility index (Phi) is 8.12. The Morgan fingerprint density at radius 2 is 2.12 bits per heavy atom. The van der Waals surface area contributed by atoms with E-state index in [4.69, 9.17) is 4.74 Å². The summed E-state index contributed by atoms with van der Waals surface area (Å²) >= 11 is 0. The van der Waals surface area contributed by atoms with E-state index in [1.807, 2.05) is 20.8 Å². The monoisotopic (exact) mass is 247 g/mol. The second-order valence-corrected chi connectivity index (χ2v) is 5.10. The maximum atomic E-state index is 9.60. The van der Waals surface area contributed by atoms with Crippen LogP contribution in [0.25, 0.3) is 0 Å². The van der Waals surface area contributed by atoms with Gasteiger partial charge >= 0.3 is 0 Å². The number of rotatable bonds is 3. The minimum absolute atomic E-state index is 0.166. The lowest BCUT2D eigenvalue weighted by molar-refractivity contribution is -0.138. The number of methoxy groups -OCH3 is 1. The number of aliphatic hydroxyl groups is 1. The molecule has 2 unspecified atom stereocenters. The van der Waals surface area contributed by atoms with E-state index in [0.29, 0.717) is 19.0 Å². The van der Waals surface area contributed by atoms with Crippen LogP contribution in [0.4, 0.5) is 0 Å². The van der Waals surface area contributed by atoms with E-state index in [1.54, 1.807) is 7.11 Å². The Hall–Kier alpha value is -0.650. The summed E-state index contributed by atoms with van der Waals surface area (Å²) in [6.07, 6.45) is 0.690. The molecule has 1 fully saturated rings. The molecule has 1 aliphatic rings. The number of piperidine rings is 1. The summed E-state index contributed by atoms with van der Waals surface area (Å²) in [5, 5.41) is 12.6. The van der Waals surface area contributed by atoms with Crippen LogP contribution in [0.3, 0.4) is 0 Å². The minimum Gasteiger partial charge on any atom is -0.462 e. The van der Waals surface area contributed by atoms with E-state index >= 15 is 0 Å². The molecule has 5 heteroatoms. The molecule has 1 saturated heterocycles. The number of nitrogens with one attached hydrogen (secondary N) is 1. The van der Waals surface area contributed by atoms with Crippen molar-refractivity contribution < 1.29 is 19.4 Å². The molecular formula is C12H25NO4. The van der Waals surface area contributed by atoms with Crippen LogP contribution in [0.5, 0.6) is 0 Å². The summed E-state index contributed by atoms with van der Waals surface area (Å²) in [5.41, 5.74) is -0.318. The molecule has 0 aromatic rings. The van der Waals surface area contributed by atoms with Gasteiger partial charge in [0, 0.05) is 19.6 Å². The molecule has 0 saturated carbocycles. The number of hydrogen-bond donors (Lipinski definition) is 2. The van der Waals surface area contributed by atoms with Gasteiger partial charge in [0.25, 0.3) is 6.47 Å². The van der Waals surface area contributed by atoms with Crippen LogP contribution in [-0.4, -0.2) is 50.1 Å². The van der Waals surface area contributed by atoms with Crippen LogP contribution in [0, 0.1) is 5.92 Å². The zero-order chi connectivity index (χ0) is 13.3. The first-order chi connectivity index (χ1) is 7.90. The second-order valence-electron chi connectivity index (χ2n) is 5.10. The lowest BCUT2D eigenvalue weighted by Crippen LogP contribution is -2.41. The number of carbonyl (C=O) groups excluding carboxylic acids is 1. The fourth-order valence-electron chi connectivity index (χ4n) is 1.44. The average Bonchev–Trinajstić information content (AvgIpc) is 2.21. The zero-order valence-corrected chi connectivity index (χ0v) is 11.2. The van der Waals surface area contributed by atoms with Crippen molar-refractivity contribution in [2.45, 2.75) is 38.9 Å². The highest BCUT2D eigenvalue weighted by molar-refractivity contribution is 5.37. The molecule has 1 aliphatic heterocycles. The van der Waals surface area contributed by atoms with Crippen molar-refractivity contribution in [3.8, 4) is 0 Å². The van der Waals surface area contributed by atoms with Gasteiger partial charge in [0.1, 0.15) is 5.60 Å². The van der Waals surface area contributed by atoms with Crippen molar-refractivity contribution in [3.05, 3.63) is 0 Å². The van der Waals surface area contributed by atoms with Gasteiger partial charge in [0.05, 0.1) is 12.7 Å². The largest absolute Gasteiger partial charge is 0.462 e. The first-order valence-corrected chi connectivity index (χ1v) is 5.90. The molecule has 5 nitrogen and oxygen atoms in total. The molecule has 0 aromatic heterocycles. The van der Waals surface area contributed by atoms with Gasteiger partial charge < -0.3 is 19.9 Å². The molecule has 0 bridgehead atoms. The van der Waals surface area contributed by atoms with Crippen LogP contribution in [0.15, 0.2) is 0 Å². The van der Waals surface area contributed by atoms with E-state index in [2.05, 4.69) is 10.1 Å². The van der Waals surface area contributed by atoms with Crippen molar-refractivity contribution in [2.75, 3.05) is 26.8 Å². The number of aliphatic hydroxyl groups excluding tert-OH is 1. The molecule has 2 N–H and O–H groups in total. The summed E-state index contributed by atoms with van der Waals surface area (Å²) in [6.45, 7) is 8.40. The van der Waals surface area contributed by atoms with Gasteiger partial charge in [0.15, 0.2) is 0 Å². The molecule has 1 rings (SSSR count). The molecule has 1 heterocycles. The summed E-state index contributed by atoms with van der Waals surface area (Å²) in [7, 11) is 1.67. The van der Waals surface area contributed by atoms with Gasteiger partial charge in [0.2, 0.25) is 0 Å². The van der Waals surface area contributed by atoms with Gasteiger partial charge in [-0.25, -0.2) is 0 Å². The van der Waals surface area contributed by atoms with Gasteiger partial charge in [-0.15, -0.1) is 0 Å². The van der Waals surface area contributed by atoms with E-state index in [9.17, 15) is 9.90 Å². The van der Waals surface area contributed by atoms with Crippen LogP contribution >= 0.6 is 0 Å². The number of hydrogen-bond acceptors (Lipinski definition) is 5. The highest BCUT2D eigenvalue weighted by atomic mass is 16.5. The van der Waals surface area contributed by atoms with Crippen LogP contribution in [0.1, 0.15) is 27.2 Å². The highest BCUT2D eigenvalue weighted by Gasteiger charge is 2.21. The van der Waals surface area contributed by atoms with Crippen molar-refractivity contribution in [2.24, 2.45) is 5.92 Å². The molecular weight excluding hydrogens is 222 g/mol. The highest BCUT2D eigenvalue weighted by Crippen LogP contribution is 2.10. The second kappa shape index (κ2) is 8.44. The third-order valence-corrected chi connectivity index (χ3v) is 2.35. The Bertz CT molecular complexity index is 201. The fraction of sp³-hybridized carbons (Fsp3) is 0.917. The predicted molar refractivity (Wildman–Crippen MR) is 65.8 cm³/mol. The average molecular weight is 247 g/mol. The lowest BCUT2D eigenvalue weighted by Gasteiger charge is -2.27. The van der Waals surface area contributed by atoms with E-state index < -0.39 is 0 Å². The molecule has 0 aliphatic carbocycles. The van der Waals surface area contributed by atoms with Crippen LogP contribution in [0.2, 0.25) is 0 Å². The van der Waals surface area contributed by atoms with Crippen molar-refractivity contribution in [3.63, 3.8) is 0 Å². The number of ether oxygens (including phenoxy) is 2. The molecule has 17 heavy (non-hydrogen) atoms. The minimum atomic E-state index is -0.318. The van der Waals surface area contributed by atoms with Crippen LogP contribution in [-0.2, 0) is 14.3 Å². The summed E-state index contributed by atoms with van der Waals surface area (Å²) < 4.78 is 9.50. The molecule has 0 spiro atoms. The Labute approximate surface area is 103 Å². The van der Waals surface area contributed by atoms with Crippen molar-refractivity contribution >= 4 is 6.47 Å². The molecule has 102 valence electrons. The van der Waals surface area contributed by atoms with Crippen molar-refractivity contribution in [1.29, 1.82) is 0 Å². The first-order valence-electron chi connectivity index (χ1n) is 5.90.